The summed E-state index contributed by atoms with van der Waals surface area (Å²) in [5, 5.41) is 0. The Morgan fingerprint density at radius 3 is 2.54 bits per heavy atom. The Kier molecular flexibility index (Phi) is 6.52. The van der Waals surface area contributed by atoms with Crippen LogP contribution in [0.5, 0.6) is 0 Å². The van der Waals surface area contributed by atoms with Gasteiger partial charge in [-0.15, -0.1) is 0 Å². The molecule has 0 spiro atoms. The molecule has 1 aromatic rings. The molecular weight excluding hydrogens is 338 g/mol. The molecule has 0 radical (unpaired) electrons. The highest BCUT2D eigenvalue weighted by atomic mass is 16.6. The molecular formula is C19H23NO6. The smallest absolute Gasteiger partial charge is 0.333 e. The van der Waals surface area contributed by atoms with Crippen molar-refractivity contribution in [2.45, 2.75) is 38.5 Å². The molecule has 2 unspecified atom stereocenters. The normalized spacial score (nSPS) is 26.6. The predicted molar refractivity (Wildman–Crippen MR) is 92.8 cm³/mol. The summed E-state index contributed by atoms with van der Waals surface area (Å²) >= 11 is 0. The molecule has 1 heterocycles. The second-order valence-corrected chi connectivity index (χ2v) is 6.33. The van der Waals surface area contributed by atoms with Crippen LogP contribution in [0.4, 0.5) is 0 Å². The van der Waals surface area contributed by atoms with Crippen LogP contribution in [0.3, 0.4) is 0 Å². The molecule has 7 nitrogen and oxygen atoms in total. The first-order valence-corrected chi connectivity index (χ1v) is 8.32. The number of esters is 3. The van der Waals surface area contributed by atoms with Gasteiger partial charge in [-0.1, -0.05) is 36.9 Å². The van der Waals surface area contributed by atoms with E-state index >= 15 is 0 Å². The van der Waals surface area contributed by atoms with Gasteiger partial charge in [0, 0.05) is 5.57 Å². The molecule has 7 heteroatoms. The molecule has 0 amide bonds. The summed E-state index contributed by atoms with van der Waals surface area (Å²) in [6.45, 7) is 6.30. The monoisotopic (exact) mass is 361 g/mol. The number of hydrogen-bond acceptors (Lipinski definition) is 7. The van der Waals surface area contributed by atoms with E-state index in [2.05, 4.69) is 6.58 Å². The van der Waals surface area contributed by atoms with Gasteiger partial charge < -0.3 is 19.9 Å². The van der Waals surface area contributed by atoms with Crippen LogP contribution in [0.25, 0.3) is 0 Å². The highest BCUT2D eigenvalue weighted by Crippen LogP contribution is 2.24. The molecule has 1 fully saturated rings. The van der Waals surface area contributed by atoms with Crippen LogP contribution in [-0.2, 0) is 35.0 Å². The number of nitrogens with two attached hydrogens (primary N) is 1. The Labute approximate surface area is 152 Å². The zero-order valence-corrected chi connectivity index (χ0v) is 14.8. The number of carbonyl (C=O) groups excluding carboxylic acids is 3. The largest absolute Gasteiger partial charge is 0.463 e. The highest BCUT2D eigenvalue weighted by Gasteiger charge is 2.41. The van der Waals surface area contributed by atoms with Crippen molar-refractivity contribution in [2.75, 3.05) is 6.61 Å². The molecule has 26 heavy (non-hydrogen) atoms. The molecule has 1 aliphatic heterocycles. The third-order valence-corrected chi connectivity index (χ3v) is 4.06. The molecule has 0 saturated carbocycles. The Morgan fingerprint density at radius 1 is 1.27 bits per heavy atom. The minimum atomic E-state index is -1.09. The first-order chi connectivity index (χ1) is 12.3. The quantitative estimate of drug-likeness (QED) is 0.487. The molecule has 2 rings (SSSR count). The summed E-state index contributed by atoms with van der Waals surface area (Å²) in [4.78, 5) is 36.6. The molecule has 1 saturated heterocycles. The number of carbonyl (C=O) groups is 3. The summed E-state index contributed by atoms with van der Waals surface area (Å²) in [7, 11) is 0. The summed E-state index contributed by atoms with van der Waals surface area (Å²) in [5.41, 5.74) is 6.69. The van der Waals surface area contributed by atoms with Crippen molar-refractivity contribution < 1.29 is 28.6 Å². The van der Waals surface area contributed by atoms with Crippen LogP contribution in [0.1, 0.15) is 19.4 Å². The van der Waals surface area contributed by atoms with Gasteiger partial charge in [-0.05, 0) is 25.8 Å². The summed E-state index contributed by atoms with van der Waals surface area (Å²) < 4.78 is 15.9. The molecule has 1 aliphatic rings. The fourth-order valence-electron chi connectivity index (χ4n) is 2.62. The van der Waals surface area contributed by atoms with Crippen molar-refractivity contribution >= 4 is 17.9 Å². The number of rotatable bonds is 4. The third kappa shape index (κ3) is 4.92. The molecule has 2 N–H and O–H groups in total. The fraction of sp³-hybridized carbons (Fsp3) is 0.421. The van der Waals surface area contributed by atoms with Gasteiger partial charge >= 0.3 is 17.9 Å². The van der Waals surface area contributed by atoms with Crippen molar-refractivity contribution in [3.8, 4) is 0 Å². The van der Waals surface area contributed by atoms with E-state index in [1.807, 2.05) is 30.3 Å². The van der Waals surface area contributed by atoms with E-state index in [-0.39, 0.29) is 18.6 Å². The fourth-order valence-corrected chi connectivity index (χ4v) is 2.62. The van der Waals surface area contributed by atoms with Gasteiger partial charge in [-0.3, -0.25) is 9.59 Å². The maximum absolute atomic E-state index is 12.6. The minimum Gasteiger partial charge on any atom is -0.463 e. The topological polar surface area (TPSA) is 105 Å². The third-order valence-electron chi connectivity index (χ3n) is 4.06. The van der Waals surface area contributed by atoms with Gasteiger partial charge in [-0.2, -0.15) is 0 Å². The summed E-state index contributed by atoms with van der Waals surface area (Å²) in [5.74, 6) is -2.85. The average molecular weight is 361 g/mol. The van der Waals surface area contributed by atoms with Crippen LogP contribution in [0.2, 0.25) is 0 Å². The van der Waals surface area contributed by atoms with Crippen LogP contribution in [-0.4, -0.2) is 42.8 Å². The van der Waals surface area contributed by atoms with Crippen LogP contribution in [0, 0.1) is 5.92 Å². The minimum absolute atomic E-state index is 0.173. The zero-order chi connectivity index (χ0) is 19.3. The Hall–Kier alpha value is -2.67. The number of cyclic esters (lactones) is 2. The molecule has 0 aliphatic carbocycles. The van der Waals surface area contributed by atoms with Gasteiger partial charge in [0.15, 0.2) is 6.10 Å². The SMILES string of the molecule is C=C(C)C(=O)OC1[C@H](C)OC(=O)C(N)COC(=O)[C@@H]1Cc1ccccc1. The number of ether oxygens (including phenoxy) is 3. The Bertz CT molecular complexity index is 687. The van der Waals surface area contributed by atoms with Gasteiger partial charge in [-0.25, -0.2) is 4.79 Å². The van der Waals surface area contributed by atoms with E-state index in [0.29, 0.717) is 0 Å². The molecule has 1 aromatic carbocycles. The maximum Gasteiger partial charge on any atom is 0.333 e. The van der Waals surface area contributed by atoms with Crippen molar-refractivity contribution in [2.24, 2.45) is 11.7 Å². The number of hydrogen-bond donors (Lipinski definition) is 1. The summed E-state index contributed by atoms with van der Waals surface area (Å²) in [6, 6.07) is 8.13. The van der Waals surface area contributed by atoms with E-state index in [1.54, 1.807) is 6.92 Å². The first-order valence-electron chi connectivity index (χ1n) is 8.32. The first kappa shape index (κ1) is 19.7. The van der Waals surface area contributed by atoms with Crippen molar-refractivity contribution in [3.63, 3.8) is 0 Å². The predicted octanol–water partition coefficient (Wildman–Crippen LogP) is 1.15. The Morgan fingerprint density at radius 2 is 1.92 bits per heavy atom. The lowest BCUT2D eigenvalue weighted by molar-refractivity contribution is -0.171. The van der Waals surface area contributed by atoms with E-state index in [1.165, 1.54) is 6.92 Å². The van der Waals surface area contributed by atoms with Crippen LogP contribution < -0.4 is 5.73 Å². The van der Waals surface area contributed by atoms with Gasteiger partial charge in [0.1, 0.15) is 24.7 Å². The van der Waals surface area contributed by atoms with Crippen molar-refractivity contribution in [3.05, 3.63) is 48.0 Å². The van der Waals surface area contributed by atoms with E-state index < -0.39 is 42.1 Å². The van der Waals surface area contributed by atoms with Crippen molar-refractivity contribution in [1.82, 2.24) is 0 Å². The average Bonchev–Trinajstić information content (AvgIpc) is 2.64. The lowest BCUT2D eigenvalue weighted by atomic mass is 9.91. The number of benzene rings is 1. The Balaban J connectivity index is 2.36. The maximum atomic E-state index is 12.6. The van der Waals surface area contributed by atoms with Gasteiger partial charge in [0.2, 0.25) is 0 Å². The molecule has 4 atom stereocenters. The highest BCUT2D eigenvalue weighted by molar-refractivity contribution is 5.87. The van der Waals surface area contributed by atoms with Crippen molar-refractivity contribution in [1.29, 1.82) is 0 Å². The molecule has 0 aromatic heterocycles. The van der Waals surface area contributed by atoms with E-state index in [9.17, 15) is 14.4 Å². The molecule has 140 valence electrons. The zero-order valence-electron chi connectivity index (χ0n) is 14.8. The van der Waals surface area contributed by atoms with E-state index in [0.717, 1.165) is 5.56 Å². The van der Waals surface area contributed by atoms with Crippen LogP contribution >= 0.6 is 0 Å². The lowest BCUT2D eigenvalue weighted by Gasteiger charge is -2.29. The standard InChI is InChI=1S/C19H23NO6/c1-11(2)17(21)26-16-12(3)25-19(23)15(20)10-24-18(22)14(16)9-13-7-5-4-6-8-13/h4-8,12,14-16H,1,9-10,20H2,2-3H3/t12-,14+,15?,16?/m0/s1. The second kappa shape index (κ2) is 8.62. The van der Waals surface area contributed by atoms with Crippen LogP contribution in [0.15, 0.2) is 42.5 Å². The second-order valence-electron chi connectivity index (χ2n) is 6.33. The van der Waals surface area contributed by atoms with E-state index in [4.69, 9.17) is 19.9 Å². The summed E-state index contributed by atoms with van der Waals surface area (Å²) in [6.07, 6.45) is -1.65. The lowest BCUT2D eigenvalue weighted by Crippen LogP contribution is -2.43. The molecule has 0 bridgehead atoms. The van der Waals surface area contributed by atoms with Gasteiger partial charge in [0.25, 0.3) is 0 Å². The van der Waals surface area contributed by atoms with Gasteiger partial charge in [0.05, 0.1) is 0 Å².